The maximum absolute atomic E-state index is 15.1. The van der Waals surface area contributed by atoms with Crippen molar-refractivity contribution in [2.24, 2.45) is 0 Å². The number of amides is 1. The Kier molecular flexibility index (Phi) is 11.6. The first-order chi connectivity index (χ1) is 23.4. The van der Waals surface area contributed by atoms with E-state index in [-0.39, 0.29) is 53.5 Å². The van der Waals surface area contributed by atoms with Gasteiger partial charge in [0.15, 0.2) is 17.9 Å². The molecule has 0 saturated carbocycles. The van der Waals surface area contributed by atoms with E-state index in [2.05, 4.69) is 5.32 Å². The van der Waals surface area contributed by atoms with Gasteiger partial charge < -0.3 is 24.8 Å². The summed E-state index contributed by atoms with van der Waals surface area (Å²) >= 11 is 1.90. The summed E-state index contributed by atoms with van der Waals surface area (Å²) in [5.74, 6) is -4.39. The van der Waals surface area contributed by atoms with Crippen molar-refractivity contribution in [2.75, 3.05) is 31.6 Å². The van der Waals surface area contributed by atoms with Crippen LogP contribution in [0, 0.1) is 21.0 Å². The van der Waals surface area contributed by atoms with Gasteiger partial charge in [0.2, 0.25) is 0 Å². The predicted molar refractivity (Wildman–Crippen MR) is 191 cm³/mol. The Balaban J connectivity index is 1.46. The second-order valence-electron chi connectivity index (χ2n) is 13.7. The summed E-state index contributed by atoms with van der Waals surface area (Å²) in [4.78, 5) is 14.9. The monoisotopic (exact) mass is 830 g/mol. The number of anilines is 2. The fourth-order valence-corrected chi connectivity index (χ4v) is 8.43. The summed E-state index contributed by atoms with van der Waals surface area (Å²) in [6.45, 7) is 11.4. The zero-order valence-corrected chi connectivity index (χ0v) is 31.7. The minimum Gasteiger partial charge on any atom is -0.383 e. The average molecular weight is 831 g/mol. The average Bonchev–Trinajstić information content (AvgIpc) is 3.54. The Morgan fingerprint density at radius 1 is 0.960 bits per heavy atom. The molecule has 14 heteroatoms. The third-order valence-corrected chi connectivity index (χ3v) is 11.1. The van der Waals surface area contributed by atoms with Gasteiger partial charge in [-0.05, 0) is 87.4 Å². The lowest BCUT2D eigenvalue weighted by molar-refractivity contribution is -0.165. The summed E-state index contributed by atoms with van der Waals surface area (Å²) in [7, 11) is -4.51. The number of hydrogen-bond acceptors (Lipinski definition) is 8. The highest BCUT2D eigenvalue weighted by Crippen LogP contribution is 2.40. The Hall–Kier alpha value is -2.76. The molecule has 3 aromatic carbocycles. The number of β-amino-alcohol motifs (C(OH)–C–C–N with tert-alkyl or cyclic N) is 1. The van der Waals surface area contributed by atoms with Gasteiger partial charge in [-0.25, -0.2) is 13.2 Å². The number of benzene rings is 3. The number of ether oxygens (including phenoxy) is 2. The molecule has 2 aliphatic heterocycles. The molecule has 272 valence electrons. The molecule has 0 aromatic heterocycles. The molecule has 2 N–H and O–H groups in total. The molecule has 2 fully saturated rings. The highest BCUT2D eigenvalue weighted by Gasteiger charge is 2.53. The van der Waals surface area contributed by atoms with Crippen LogP contribution in [-0.2, 0) is 23.8 Å². The number of likely N-dealkylation sites (tertiary alicyclic amines) is 1. The van der Waals surface area contributed by atoms with Crippen molar-refractivity contribution in [3.05, 3.63) is 85.7 Å². The minimum absolute atomic E-state index is 0.0429. The van der Waals surface area contributed by atoms with Crippen LogP contribution in [0.3, 0.4) is 0 Å². The van der Waals surface area contributed by atoms with E-state index in [4.69, 9.17) is 13.7 Å². The molecule has 0 aliphatic carbocycles. The first-order valence-electron chi connectivity index (χ1n) is 16.5. The third kappa shape index (κ3) is 7.99. The second-order valence-corrected chi connectivity index (χ2v) is 16.5. The van der Waals surface area contributed by atoms with Crippen LogP contribution in [0.4, 0.5) is 24.5 Å². The van der Waals surface area contributed by atoms with Gasteiger partial charge >= 0.3 is 0 Å². The van der Waals surface area contributed by atoms with Crippen LogP contribution in [0.15, 0.2) is 47.4 Å². The fraction of sp³-hybridized carbons (Fsp3) is 0.472. The molecule has 1 amide bonds. The summed E-state index contributed by atoms with van der Waals surface area (Å²) in [5.41, 5.74) is -0.795. The molecule has 2 saturated heterocycles. The molecule has 50 heavy (non-hydrogen) atoms. The van der Waals surface area contributed by atoms with Gasteiger partial charge in [0.25, 0.3) is 16.0 Å². The molecule has 1 unspecified atom stereocenters. The number of halogens is 4. The maximum Gasteiger partial charge on any atom is 0.297 e. The van der Waals surface area contributed by atoms with Gasteiger partial charge in [-0.15, -0.1) is 0 Å². The van der Waals surface area contributed by atoms with Crippen LogP contribution >= 0.6 is 22.6 Å². The first kappa shape index (κ1) is 38.5. The number of carbonyl (C=O) groups excluding carboxylic acids is 1. The predicted octanol–water partition coefficient (Wildman–Crippen LogP) is 7.55. The van der Waals surface area contributed by atoms with Gasteiger partial charge in [-0.2, -0.15) is 8.42 Å². The third-order valence-electron chi connectivity index (χ3n) is 9.00. The smallest absolute Gasteiger partial charge is 0.297 e. The highest BCUT2D eigenvalue weighted by atomic mass is 127. The number of nitrogens with zero attached hydrogens (tertiary/aromatic N) is 1. The van der Waals surface area contributed by atoms with E-state index in [0.29, 0.717) is 14.7 Å². The van der Waals surface area contributed by atoms with E-state index in [1.165, 1.54) is 12.1 Å². The Bertz CT molecular complexity index is 1830. The topological polar surface area (TPSA) is 114 Å². The van der Waals surface area contributed by atoms with Crippen molar-refractivity contribution >= 4 is 50.0 Å². The Morgan fingerprint density at radius 3 is 2.10 bits per heavy atom. The number of carbonyl (C=O) groups is 1. The standard InChI is InChI=1S/C36H42F3IN2O7S/c1-19(2)22-13-25(20(3)4)34(26(14-22)21(5)6)50(45,46)49-30(16-31-47-11-12-48-31)36(44)17-42(18-36)35(43)24-8-9-27(37)32(39)33(24)41-29-10-7-23(40)15-28(29)38/h7-10,13-15,19-21,30-31,41,44H,11-12,16-18H2,1-6H3. The molecule has 2 heterocycles. The van der Waals surface area contributed by atoms with Crippen LogP contribution in [-0.4, -0.2) is 68.6 Å². The van der Waals surface area contributed by atoms with Crippen LogP contribution in [0.2, 0.25) is 0 Å². The van der Waals surface area contributed by atoms with E-state index >= 15 is 4.39 Å². The maximum atomic E-state index is 15.1. The number of nitrogens with one attached hydrogen (secondary N) is 1. The fourth-order valence-electron chi connectivity index (χ4n) is 6.15. The van der Waals surface area contributed by atoms with E-state index in [0.717, 1.165) is 22.6 Å². The molecule has 0 bridgehead atoms. The van der Waals surface area contributed by atoms with Crippen molar-refractivity contribution in [2.45, 2.75) is 88.6 Å². The van der Waals surface area contributed by atoms with E-state index in [1.807, 2.05) is 76.3 Å². The van der Waals surface area contributed by atoms with Gasteiger partial charge in [0, 0.05) is 9.99 Å². The van der Waals surface area contributed by atoms with E-state index in [1.54, 1.807) is 6.07 Å². The highest BCUT2D eigenvalue weighted by molar-refractivity contribution is 14.1. The van der Waals surface area contributed by atoms with Crippen molar-refractivity contribution in [3.63, 3.8) is 0 Å². The zero-order valence-electron chi connectivity index (χ0n) is 28.7. The Morgan fingerprint density at radius 2 is 1.56 bits per heavy atom. The van der Waals surface area contributed by atoms with Gasteiger partial charge in [-0.1, -0.05) is 53.7 Å². The minimum atomic E-state index is -4.51. The molecule has 5 rings (SSSR count). The van der Waals surface area contributed by atoms with Crippen LogP contribution in [0.5, 0.6) is 0 Å². The lowest BCUT2D eigenvalue weighted by Crippen LogP contribution is -2.69. The van der Waals surface area contributed by atoms with Gasteiger partial charge in [-0.3, -0.25) is 8.98 Å². The molecular formula is C36H42F3IN2O7S. The zero-order chi connectivity index (χ0) is 36.7. The summed E-state index contributed by atoms with van der Waals surface area (Å²) in [6.07, 6.45) is -2.44. The first-order valence-corrected chi connectivity index (χ1v) is 19.0. The Labute approximate surface area is 304 Å². The molecule has 2 aliphatic rings. The van der Waals surface area contributed by atoms with Crippen LogP contribution in [0.1, 0.15) is 92.8 Å². The lowest BCUT2D eigenvalue weighted by atomic mass is 9.85. The van der Waals surface area contributed by atoms with Crippen molar-refractivity contribution in [3.8, 4) is 0 Å². The van der Waals surface area contributed by atoms with Crippen molar-refractivity contribution in [1.29, 1.82) is 0 Å². The van der Waals surface area contributed by atoms with Gasteiger partial charge in [0.05, 0.1) is 43.2 Å². The lowest BCUT2D eigenvalue weighted by Gasteiger charge is -2.50. The van der Waals surface area contributed by atoms with Crippen LogP contribution in [0.25, 0.3) is 0 Å². The second kappa shape index (κ2) is 15.1. The summed E-state index contributed by atoms with van der Waals surface area (Å²) in [6, 6.07) is 9.67. The number of aliphatic hydroxyl groups is 1. The number of hydrogen-bond donors (Lipinski definition) is 2. The van der Waals surface area contributed by atoms with Crippen LogP contribution < -0.4 is 5.32 Å². The largest absolute Gasteiger partial charge is 0.383 e. The van der Waals surface area contributed by atoms with Crippen molar-refractivity contribution < 1.29 is 45.1 Å². The number of rotatable bonds is 12. The SMILES string of the molecule is CC(C)c1cc(C(C)C)c(S(=O)(=O)OC(CC2OCCO2)C2(O)CN(C(=O)c3ccc(F)c(F)c3Nc3ccc(I)cc3F)C2)c(C(C)C)c1. The molecule has 0 spiro atoms. The molecule has 3 aromatic rings. The molecule has 0 radical (unpaired) electrons. The van der Waals surface area contributed by atoms with E-state index < -0.39 is 70.2 Å². The quantitative estimate of drug-likeness (QED) is 0.142. The van der Waals surface area contributed by atoms with Crippen molar-refractivity contribution in [1.82, 2.24) is 4.90 Å². The van der Waals surface area contributed by atoms with E-state index in [9.17, 15) is 27.1 Å². The summed E-state index contributed by atoms with van der Waals surface area (Å²) in [5, 5.41) is 14.4. The van der Waals surface area contributed by atoms with Gasteiger partial charge in [0.1, 0.15) is 22.4 Å². The molecule has 1 atom stereocenters. The summed E-state index contributed by atoms with van der Waals surface area (Å²) < 4.78 is 90.4. The molecule has 9 nitrogen and oxygen atoms in total. The molecular weight excluding hydrogens is 788 g/mol. The normalized spacial score (nSPS) is 17.1.